The molecule has 0 saturated heterocycles. The Labute approximate surface area is 232 Å². The van der Waals surface area contributed by atoms with E-state index >= 15 is 0 Å². The maximum atomic E-state index is 14.0. The molecule has 2 aromatic rings. The maximum absolute atomic E-state index is 14.0. The maximum Gasteiger partial charge on any atom is 0.408 e. The summed E-state index contributed by atoms with van der Waals surface area (Å²) >= 11 is 4.34. The second kappa shape index (κ2) is 14.0. The summed E-state index contributed by atoms with van der Waals surface area (Å²) in [5.41, 5.74) is 3.29. The monoisotopic (exact) mass is 539 g/mol. The van der Waals surface area contributed by atoms with Gasteiger partial charge < -0.3 is 20.3 Å². The Morgan fingerprint density at radius 2 is 1.74 bits per heavy atom. The Morgan fingerprint density at radius 1 is 1.11 bits per heavy atom. The molecule has 2 atom stereocenters. The summed E-state index contributed by atoms with van der Waals surface area (Å²) in [4.78, 5) is 42.0. The van der Waals surface area contributed by atoms with Crippen LogP contribution in [0.3, 0.4) is 0 Å². The van der Waals surface area contributed by atoms with Gasteiger partial charge in [0.15, 0.2) is 0 Å². The van der Waals surface area contributed by atoms with Crippen molar-refractivity contribution >= 4 is 42.3 Å². The number of carbonyl (C=O) groups excluding carboxylic acids is 3. The van der Waals surface area contributed by atoms with E-state index < -0.39 is 29.7 Å². The number of para-hydroxylation sites is 1. The Morgan fingerprint density at radius 3 is 2.29 bits per heavy atom. The topological polar surface area (TPSA) is 87.7 Å². The number of nitrogens with one attached hydrogen (secondary N) is 2. The lowest BCUT2D eigenvalue weighted by atomic mass is 9.99. The SMILES string of the molecule is C=Cc1cccc(C(C(=O)Nc2c(C)cccc2C)N(CCCC)C(=O)C(CS)NC(=O)OC(C)(C)C)c1. The number of nitrogens with zero attached hydrogens (tertiary/aromatic N) is 1. The molecule has 206 valence electrons. The summed E-state index contributed by atoms with van der Waals surface area (Å²) in [6.45, 7) is 15.3. The molecule has 2 aromatic carbocycles. The summed E-state index contributed by atoms with van der Waals surface area (Å²) in [5, 5.41) is 5.70. The van der Waals surface area contributed by atoms with Gasteiger partial charge in [-0.25, -0.2) is 4.79 Å². The van der Waals surface area contributed by atoms with Crippen LogP contribution in [-0.2, 0) is 14.3 Å². The molecule has 0 aliphatic rings. The molecule has 0 radical (unpaired) electrons. The highest BCUT2D eigenvalue weighted by atomic mass is 32.1. The molecule has 2 unspecified atom stereocenters. The minimum atomic E-state index is -0.983. The zero-order chi connectivity index (χ0) is 28.5. The number of hydrogen-bond acceptors (Lipinski definition) is 5. The quantitative estimate of drug-likeness (QED) is 0.302. The number of benzene rings is 2. The molecule has 0 aromatic heterocycles. The van der Waals surface area contributed by atoms with Crippen LogP contribution in [0.25, 0.3) is 6.08 Å². The predicted molar refractivity (Wildman–Crippen MR) is 157 cm³/mol. The molecule has 0 aliphatic heterocycles. The second-order valence-electron chi connectivity index (χ2n) is 10.3. The van der Waals surface area contributed by atoms with Gasteiger partial charge in [0.1, 0.15) is 17.7 Å². The zero-order valence-electron chi connectivity index (χ0n) is 23.3. The third-order valence-corrected chi connectivity index (χ3v) is 6.32. The van der Waals surface area contributed by atoms with Gasteiger partial charge in [-0.05, 0) is 69.4 Å². The van der Waals surface area contributed by atoms with E-state index in [1.54, 1.807) is 26.8 Å². The van der Waals surface area contributed by atoms with Crippen molar-refractivity contribution in [3.8, 4) is 0 Å². The van der Waals surface area contributed by atoms with Crippen molar-refractivity contribution in [3.05, 3.63) is 71.3 Å². The third-order valence-electron chi connectivity index (χ3n) is 5.96. The zero-order valence-corrected chi connectivity index (χ0v) is 24.2. The Kier molecular flexibility index (Phi) is 11.4. The highest BCUT2D eigenvalue weighted by molar-refractivity contribution is 7.80. The van der Waals surface area contributed by atoms with E-state index in [1.807, 2.05) is 63.2 Å². The lowest BCUT2D eigenvalue weighted by Gasteiger charge is -2.34. The van der Waals surface area contributed by atoms with Gasteiger partial charge in [-0.2, -0.15) is 12.6 Å². The van der Waals surface area contributed by atoms with Crippen LogP contribution in [0.4, 0.5) is 10.5 Å². The fourth-order valence-electron chi connectivity index (χ4n) is 4.06. The summed E-state index contributed by atoms with van der Waals surface area (Å²) in [7, 11) is 0. The highest BCUT2D eigenvalue weighted by Crippen LogP contribution is 2.28. The van der Waals surface area contributed by atoms with Gasteiger partial charge in [0.25, 0.3) is 5.91 Å². The van der Waals surface area contributed by atoms with E-state index in [4.69, 9.17) is 4.74 Å². The van der Waals surface area contributed by atoms with Gasteiger partial charge in [-0.3, -0.25) is 9.59 Å². The molecule has 0 spiro atoms. The van der Waals surface area contributed by atoms with Crippen molar-refractivity contribution in [2.24, 2.45) is 0 Å². The predicted octanol–water partition coefficient (Wildman–Crippen LogP) is 6.08. The molecule has 0 saturated carbocycles. The lowest BCUT2D eigenvalue weighted by molar-refractivity contribution is -0.140. The normalized spacial score (nSPS) is 12.7. The van der Waals surface area contributed by atoms with E-state index in [1.165, 1.54) is 4.90 Å². The minimum Gasteiger partial charge on any atom is -0.444 e. The number of unbranched alkanes of at least 4 members (excludes halogenated alkanes) is 1. The van der Waals surface area contributed by atoms with Crippen LogP contribution in [0.1, 0.15) is 68.8 Å². The summed E-state index contributed by atoms with van der Waals surface area (Å²) in [5.74, 6) is -0.716. The van der Waals surface area contributed by atoms with Crippen LogP contribution in [0.15, 0.2) is 49.0 Å². The molecule has 0 heterocycles. The first kappa shape index (κ1) is 31.0. The number of hydrogen-bond donors (Lipinski definition) is 3. The minimum absolute atomic E-state index is 0.0403. The smallest absolute Gasteiger partial charge is 0.408 e. The van der Waals surface area contributed by atoms with E-state index in [9.17, 15) is 14.4 Å². The van der Waals surface area contributed by atoms with Crippen molar-refractivity contribution in [2.75, 3.05) is 17.6 Å². The first-order chi connectivity index (χ1) is 17.9. The van der Waals surface area contributed by atoms with Gasteiger partial charge in [0.05, 0.1) is 0 Å². The number of thiol groups is 1. The van der Waals surface area contributed by atoms with Crippen molar-refractivity contribution in [1.29, 1.82) is 0 Å². The molecule has 2 rings (SSSR count). The van der Waals surface area contributed by atoms with Crippen LogP contribution >= 0.6 is 12.6 Å². The highest BCUT2D eigenvalue weighted by Gasteiger charge is 2.36. The Bertz CT molecular complexity index is 1120. The van der Waals surface area contributed by atoms with Crippen molar-refractivity contribution in [1.82, 2.24) is 10.2 Å². The van der Waals surface area contributed by atoms with Crippen LogP contribution in [0.5, 0.6) is 0 Å². The standard InChI is InChI=1S/C30H41N3O4S/c1-8-10-17-33(28(35)24(19-38)31-29(36)37-30(5,6)7)26(23-16-12-15-22(9-2)18-23)27(34)32-25-20(3)13-11-14-21(25)4/h9,11-16,18,24,26,38H,2,8,10,17,19H2,1,3-7H3,(H,31,36)(H,32,34). The lowest BCUT2D eigenvalue weighted by Crippen LogP contribution is -2.53. The molecule has 7 nitrogen and oxygen atoms in total. The van der Waals surface area contributed by atoms with Gasteiger partial charge >= 0.3 is 6.09 Å². The van der Waals surface area contributed by atoms with Crippen LogP contribution < -0.4 is 10.6 Å². The van der Waals surface area contributed by atoms with Gasteiger partial charge in [0.2, 0.25) is 5.91 Å². The Hall–Kier alpha value is -3.26. The number of carbonyl (C=O) groups is 3. The van der Waals surface area contributed by atoms with E-state index in [0.717, 1.165) is 23.1 Å². The van der Waals surface area contributed by atoms with E-state index in [2.05, 4.69) is 29.8 Å². The summed E-state index contributed by atoms with van der Waals surface area (Å²) in [6.07, 6.45) is 2.46. The molecule has 0 aliphatic carbocycles. The van der Waals surface area contributed by atoms with Crippen molar-refractivity contribution in [3.63, 3.8) is 0 Å². The fourth-order valence-corrected chi connectivity index (χ4v) is 4.31. The Balaban J connectivity index is 2.55. The van der Waals surface area contributed by atoms with Crippen LogP contribution in [0, 0.1) is 13.8 Å². The van der Waals surface area contributed by atoms with Crippen LogP contribution in [0.2, 0.25) is 0 Å². The van der Waals surface area contributed by atoms with Gasteiger partial charge in [0, 0.05) is 18.0 Å². The van der Waals surface area contributed by atoms with Gasteiger partial charge in [-0.15, -0.1) is 0 Å². The summed E-state index contributed by atoms with van der Waals surface area (Å²) in [6, 6.07) is 11.3. The molecule has 3 amide bonds. The van der Waals surface area contributed by atoms with Gasteiger partial charge in [-0.1, -0.05) is 62.4 Å². The number of ether oxygens (including phenoxy) is 1. The summed E-state index contributed by atoms with van der Waals surface area (Å²) < 4.78 is 5.36. The van der Waals surface area contributed by atoms with E-state index in [0.29, 0.717) is 24.2 Å². The molecule has 0 bridgehead atoms. The molecular weight excluding hydrogens is 498 g/mol. The fraction of sp³-hybridized carbons (Fsp3) is 0.433. The second-order valence-corrected chi connectivity index (χ2v) is 10.7. The van der Waals surface area contributed by atoms with Crippen LogP contribution in [-0.4, -0.2) is 46.7 Å². The molecule has 0 fully saturated rings. The molecule has 2 N–H and O–H groups in total. The number of aryl methyl sites for hydroxylation is 2. The third kappa shape index (κ3) is 8.65. The first-order valence-corrected chi connectivity index (χ1v) is 13.5. The average molecular weight is 540 g/mol. The number of anilines is 1. The number of alkyl carbamates (subject to hydrolysis) is 1. The van der Waals surface area contributed by atoms with E-state index in [-0.39, 0.29) is 11.7 Å². The molecule has 38 heavy (non-hydrogen) atoms. The first-order valence-electron chi connectivity index (χ1n) is 12.9. The average Bonchev–Trinajstić information content (AvgIpc) is 2.85. The number of rotatable bonds is 11. The largest absolute Gasteiger partial charge is 0.444 e. The molecular formula is C30H41N3O4S. The van der Waals surface area contributed by atoms with Crippen molar-refractivity contribution in [2.45, 2.75) is 72.1 Å². The molecule has 8 heteroatoms. The van der Waals surface area contributed by atoms with Crippen molar-refractivity contribution < 1.29 is 19.1 Å². The number of amides is 3.